The van der Waals surface area contributed by atoms with Crippen LogP contribution in [0.15, 0.2) is 77.0 Å². The number of hydrogen-bond donors (Lipinski definition) is 0. The summed E-state index contributed by atoms with van der Waals surface area (Å²) in [7, 11) is -1.85. The van der Waals surface area contributed by atoms with Gasteiger partial charge < -0.3 is 0 Å². The van der Waals surface area contributed by atoms with Crippen molar-refractivity contribution in [2.45, 2.75) is 12.8 Å². The fraction of sp³-hybridized carbons (Fsp3) is 0.100. The second-order valence-electron chi connectivity index (χ2n) is 5.75. The third kappa shape index (κ3) is 2.46. The van der Waals surface area contributed by atoms with Crippen LogP contribution in [0.4, 0.5) is 0 Å². The molecule has 2 nitrogen and oxygen atoms in total. The summed E-state index contributed by atoms with van der Waals surface area (Å²) in [6, 6.07) is 24.3. The van der Waals surface area contributed by atoms with Crippen molar-refractivity contribution in [3.8, 4) is 0 Å². The van der Waals surface area contributed by atoms with Gasteiger partial charge in [0.1, 0.15) is 0 Å². The van der Waals surface area contributed by atoms with Gasteiger partial charge in [-0.25, -0.2) is 4.20 Å². The van der Waals surface area contributed by atoms with Crippen molar-refractivity contribution in [2.24, 2.45) is 0 Å². The van der Waals surface area contributed by atoms with E-state index in [2.05, 4.69) is 31.2 Å². The highest BCUT2D eigenvalue weighted by molar-refractivity contribution is 7.37. The van der Waals surface area contributed by atoms with Crippen LogP contribution < -0.4 is 0 Å². The molecule has 2 unspecified atom stereocenters. The molecule has 0 amide bonds. The van der Waals surface area contributed by atoms with Gasteiger partial charge in [-0.15, -0.1) is 0 Å². The largest absolute Gasteiger partial charge is 0.597 e. The lowest BCUT2D eigenvalue weighted by atomic mass is 9.92. The van der Waals surface area contributed by atoms with E-state index in [0.29, 0.717) is 5.58 Å². The fourth-order valence-corrected chi connectivity index (χ4v) is 4.12. The lowest BCUT2D eigenvalue weighted by Gasteiger charge is -2.12. The molecule has 0 aliphatic carbocycles. The highest BCUT2D eigenvalue weighted by Crippen LogP contribution is 2.37. The molecule has 1 aromatic heterocycles. The van der Waals surface area contributed by atoms with Gasteiger partial charge in [-0.05, 0) is 33.9 Å². The summed E-state index contributed by atoms with van der Waals surface area (Å²) in [5, 5.41) is 2.81. The lowest BCUT2D eigenvalue weighted by Crippen LogP contribution is -1.95. The molecular weight excluding hydrogens is 303 g/mol. The minimum absolute atomic E-state index is 0.252. The smallest absolute Gasteiger partial charge is 0.250 e. The van der Waals surface area contributed by atoms with Crippen LogP contribution in [0.25, 0.3) is 21.5 Å². The molecule has 0 N–H and O–H groups in total. The van der Waals surface area contributed by atoms with E-state index < -0.39 is 7.65 Å². The molecule has 4 rings (SSSR count). The molecule has 3 aromatic carbocycles. The summed E-state index contributed by atoms with van der Waals surface area (Å²) in [6.07, 6.45) is 0. The van der Waals surface area contributed by atoms with Crippen LogP contribution in [0.1, 0.15) is 24.0 Å². The van der Waals surface area contributed by atoms with Gasteiger partial charge in [0.15, 0.2) is 5.58 Å². The van der Waals surface area contributed by atoms with Crippen molar-refractivity contribution >= 4 is 29.1 Å². The first-order valence-electron chi connectivity index (χ1n) is 7.67. The second kappa shape index (κ2) is 5.64. The number of fused-ring (bicyclic) bond motifs is 3. The standard InChI is InChI=1S/C20H16O2P/c1-14(15-7-3-2-4-8-15)16-11-12-18-17-9-5-6-10-19(17)22-23(21)20(18)13-16/h2-14H,1H3/q+1. The Labute approximate surface area is 135 Å². The first kappa shape index (κ1) is 14.2. The summed E-state index contributed by atoms with van der Waals surface area (Å²) >= 11 is 0. The Morgan fingerprint density at radius 2 is 1.57 bits per heavy atom. The zero-order chi connectivity index (χ0) is 15.8. The molecule has 2 atom stereocenters. The van der Waals surface area contributed by atoms with E-state index in [1.165, 1.54) is 5.56 Å². The van der Waals surface area contributed by atoms with E-state index in [0.717, 1.165) is 21.5 Å². The van der Waals surface area contributed by atoms with E-state index >= 15 is 0 Å². The van der Waals surface area contributed by atoms with E-state index in [4.69, 9.17) is 4.20 Å². The van der Waals surface area contributed by atoms with Crippen molar-refractivity contribution in [3.63, 3.8) is 0 Å². The summed E-state index contributed by atoms with van der Waals surface area (Å²) in [4.78, 5) is 0. The predicted octanol–water partition coefficient (Wildman–Crippen LogP) is 6.48. The molecule has 0 saturated heterocycles. The maximum Gasteiger partial charge on any atom is 0.597 e. The molecule has 0 radical (unpaired) electrons. The first-order chi connectivity index (χ1) is 11.2. The molecule has 23 heavy (non-hydrogen) atoms. The minimum Gasteiger partial charge on any atom is -0.250 e. The molecule has 112 valence electrons. The van der Waals surface area contributed by atoms with E-state index in [-0.39, 0.29) is 5.92 Å². The normalized spacial score (nSPS) is 13.3. The summed E-state index contributed by atoms with van der Waals surface area (Å²) < 4.78 is 18.1. The van der Waals surface area contributed by atoms with Gasteiger partial charge in [0.05, 0.1) is 0 Å². The second-order valence-corrected chi connectivity index (χ2v) is 6.93. The lowest BCUT2D eigenvalue weighted by molar-refractivity contribution is 0.563. The van der Waals surface area contributed by atoms with Crippen molar-refractivity contribution < 1.29 is 8.76 Å². The summed E-state index contributed by atoms with van der Waals surface area (Å²) in [5.41, 5.74) is 3.10. The Bertz CT molecular complexity index is 1050. The minimum atomic E-state index is -1.85. The van der Waals surface area contributed by atoms with Gasteiger partial charge in [-0.3, -0.25) is 0 Å². The van der Waals surface area contributed by atoms with Crippen LogP contribution >= 0.6 is 7.65 Å². The third-order valence-corrected chi connectivity index (χ3v) is 5.50. The number of hydrogen-bond acceptors (Lipinski definition) is 2. The molecule has 0 aliphatic rings. The van der Waals surface area contributed by atoms with E-state index in [1.807, 2.05) is 48.5 Å². The number of para-hydroxylation sites is 1. The number of rotatable bonds is 2. The number of benzene rings is 3. The van der Waals surface area contributed by atoms with Gasteiger partial charge in [-0.1, -0.05) is 61.5 Å². The zero-order valence-electron chi connectivity index (χ0n) is 12.8. The Kier molecular flexibility index (Phi) is 3.48. The topological polar surface area (TPSA) is 30.2 Å². The highest BCUT2D eigenvalue weighted by Gasteiger charge is 2.18. The average Bonchev–Trinajstić information content (AvgIpc) is 2.62. The van der Waals surface area contributed by atoms with Gasteiger partial charge in [-0.2, -0.15) is 0 Å². The van der Waals surface area contributed by atoms with Gasteiger partial charge in [0, 0.05) is 16.7 Å². The molecule has 0 spiro atoms. The van der Waals surface area contributed by atoms with Crippen molar-refractivity contribution in [1.29, 1.82) is 0 Å². The molecule has 4 aromatic rings. The van der Waals surface area contributed by atoms with Crippen molar-refractivity contribution in [3.05, 3.63) is 83.9 Å². The molecule has 0 aliphatic heterocycles. The van der Waals surface area contributed by atoms with Crippen LogP contribution in [-0.2, 0) is 4.57 Å². The fourth-order valence-electron chi connectivity index (χ4n) is 3.04. The van der Waals surface area contributed by atoms with Crippen LogP contribution in [0.2, 0.25) is 0 Å². The summed E-state index contributed by atoms with van der Waals surface area (Å²) in [6.45, 7) is 2.17. The molecule has 0 bridgehead atoms. The van der Waals surface area contributed by atoms with E-state index in [9.17, 15) is 4.57 Å². The SMILES string of the molecule is CC(c1ccccc1)c1ccc2c3ccccc3o[p+](=O)c2c1. The average molecular weight is 319 g/mol. The van der Waals surface area contributed by atoms with Crippen LogP contribution in [0, 0.1) is 0 Å². The van der Waals surface area contributed by atoms with Gasteiger partial charge >= 0.3 is 7.65 Å². The highest BCUT2D eigenvalue weighted by atomic mass is 31.1. The van der Waals surface area contributed by atoms with Crippen LogP contribution in [-0.4, -0.2) is 0 Å². The Morgan fingerprint density at radius 3 is 2.39 bits per heavy atom. The van der Waals surface area contributed by atoms with Crippen LogP contribution in [0.5, 0.6) is 0 Å². The third-order valence-electron chi connectivity index (χ3n) is 4.38. The van der Waals surface area contributed by atoms with Gasteiger partial charge in [0.25, 0.3) is 0 Å². The molecule has 3 heteroatoms. The summed E-state index contributed by atoms with van der Waals surface area (Å²) in [5.74, 6) is 0.252. The Balaban J connectivity index is 1.93. The maximum atomic E-state index is 12.5. The van der Waals surface area contributed by atoms with E-state index in [1.54, 1.807) is 0 Å². The maximum absolute atomic E-state index is 12.5. The molecule has 1 heterocycles. The molecular formula is C20H16O2P+. The predicted molar refractivity (Wildman–Crippen MR) is 95.3 cm³/mol. The van der Waals surface area contributed by atoms with Gasteiger partial charge in [0.2, 0.25) is 5.12 Å². The zero-order valence-corrected chi connectivity index (χ0v) is 13.7. The Morgan fingerprint density at radius 1 is 0.826 bits per heavy atom. The molecule has 0 saturated carbocycles. The first-order valence-corrected chi connectivity index (χ1v) is 8.85. The van der Waals surface area contributed by atoms with Crippen molar-refractivity contribution in [2.75, 3.05) is 0 Å². The van der Waals surface area contributed by atoms with Crippen molar-refractivity contribution in [1.82, 2.24) is 0 Å². The monoisotopic (exact) mass is 319 g/mol. The van der Waals surface area contributed by atoms with Crippen LogP contribution in [0.3, 0.4) is 0 Å². The Hall–Kier alpha value is -2.44. The molecule has 0 fully saturated rings. The quantitative estimate of drug-likeness (QED) is 0.396.